The number of likely N-dealkylation sites (tertiary alicyclic amines) is 1. The molecule has 0 bridgehead atoms. The van der Waals surface area contributed by atoms with E-state index in [4.69, 9.17) is 5.73 Å². The number of nitrogens with two attached hydrogens (primary N) is 1. The van der Waals surface area contributed by atoms with Gasteiger partial charge in [0.2, 0.25) is 15.9 Å². The van der Waals surface area contributed by atoms with E-state index in [1.807, 2.05) is 0 Å². The van der Waals surface area contributed by atoms with Crippen molar-refractivity contribution in [3.05, 3.63) is 0 Å². The zero-order valence-corrected chi connectivity index (χ0v) is 13.7. The van der Waals surface area contributed by atoms with Crippen molar-refractivity contribution in [2.24, 2.45) is 5.73 Å². The molecule has 2 unspecified atom stereocenters. The predicted molar refractivity (Wildman–Crippen MR) is 81.2 cm³/mol. The Bertz CT molecular complexity index is 474. The first kappa shape index (κ1) is 16.7. The van der Waals surface area contributed by atoms with Gasteiger partial charge in [-0.15, -0.1) is 0 Å². The largest absolute Gasteiger partial charge is 0.339 e. The summed E-state index contributed by atoms with van der Waals surface area (Å²) >= 11 is 0. The second kappa shape index (κ2) is 6.60. The summed E-state index contributed by atoms with van der Waals surface area (Å²) in [5.41, 5.74) is 5.93. The smallest absolute Gasteiger partial charge is 0.236 e. The lowest BCUT2D eigenvalue weighted by Gasteiger charge is -2.38. The van der Waals surface area contributed by atoms with Crippen molar-refractivity contribution in [1.82, 2.24) is 14.1 Å². The number of piperazine rings is 1. The normalized spacial score (nSPS) is 29.6. The van der Waals surface area contributed by atoms with Crippen LogP contribution >= 0.6 is 0 Å². The van der Waals surface area contributed by atoms with E-state index in [-0.39, 0.29) is 11.9 Å². The van der Waals surface area contributed by atoms with Gasteiger partial charge in [-0.3, -0.25) is 9.69 Å². The highest BCUT2D eigenvalue weighted by atomic mass is 32.2. The van der Waals surface area contributed by atoms with Gasteiger partial charge in [-0.1, -0.05) is 0 Å². The highest BCUT2D eigenvalue weighted by Gasteiger charge is 2.29. The van der Waals surface area contributed by atoms with Crippen LogP contribution in [0.15, 0.2) is 0 Å². The molecule has 2 saturated heterocycles. The van der Waals surface area contributed by atoms with Crippen LogP contribution in [0.5, 0.6) is 0 Å². The quantitative estimate of drug-likeness (QED) is 0.714. The molecule has 2 N–H and O–H groups in total. The molecule has 0 spiro atoms. The first-order valence-corrected chi connectivity index (χ1v) is 9.34. The third kappa shape index (κ3) is 4.38. The molecular weight excluding hydrogens is 292 g/mol. The van der Waals surface area contributed by atoms with Crippen LogP contribution in [0.3, 0.4) is 0 Å². The van der Waals surface area contributed by atoms with Gasteiger partial charge in [0, 0.05) is 44.8 Å². The molecule has 2 atom stereocenters. The van der Waals surface area contributed by atoms with Gasteiger partial charge in [0.25, 0.3) is 0 Å². The molecule has 7 nitrogen and oxygen atoms in total. The lowest BCUT2D eigenvalue weighted by molar-refractivity contribution is -0.134. The monoisotopic (exact) mass is 318 g/mol. The lowest BCUT2D eigenvalue weighted by Crippen LogP contribution is -2.54. The van der Waals surface area contributed by atoms with Crippen molar-refractivity contribution in [3.63, 3.8) is 0 Å². The summed E-state index contributed by atoms with van der Waals surface area (Å²) in [6, 6.07) is 0.569. The van der Waals surface area contributed by atoms with Crippen LogP contribution in [0.2, 0.25) is 0 Å². The number of amides is 1. The zero-order valence-electron chi connectivity index (χ0n) is 12.9. The number of hydrogen-bond donors (Lipinski definition) is 1. The molecule has 2 heterocycles. The third-order valence-corrected chi connectivity index (χ3v) is 5.76. The molecule has 0 aromatic carbocycles. The van der Waals surface area contributed by atoms with Gasteiger partial charge in [0.05, 0.1) is 12.8 Å². The zero-order chi connectivity index (χ0) is 15.6. The van der Waals surface area contributed by atoms with Gasteiger partial charge < -0.3 is 10.6 Å². The standard InChI is InChI=1S/C13H26N4O3S/c1-11-9-12(14)3-4-16(11)10-13(18)15-5-7-17(8-6-15)21(2,19)20/h11-12H,3-10,14H2,1-2H3. The average Bonchev–Trinajstić information content (AvgIpc) is 2.41. The highest BCUT2D eigenvalue weighted by molar-refractivity contribution is 7.88. The maximum Gasteiger partial charge on any atom is 0.236 e. The minimum absolute atomic E-state index is 0.0884. The predicted octanol–water partition coefficient (Wildman–Crippen LogP) is -1.10. The molecule has 21 heavy (non-hydrogen) atoms. The van der Waals surface area contributed by atoms with E-state index >= 15 is 0 Å². The van der Waals surface area contributed by atoms with Crippen molar-refractivity contribution in [2.45, 2.75) is 31.8 Å². The highest BCUT2D eigenvalue weighted by Crippen LogP contribution is 2.16. The second-order valence-electron chi connectivity index (χ2n) is 6.15. The maximum atomic E-state index is 12.3. The number of rotatable bonds is 3. The van der Waals surface area contributed by atoms with Crippen LogP contribution < -0.4 is 5.73 Å². The summed E-state index contributed by atoms with van der Waals surface area (Å²) in [6.07, 6.45) is 3.07. The van der Waals surface area contributed by atoms with Gasteiger partial charge in [0.15, 0.2) is 0 Å². The molecule has 0 saturated carbocycles. The van der Waals surface area contributed by atoms with Gasteiger partial charge in [-0.05, 0) is 19.8 Å². The molecule has 2 fully saturated rings. The Morgan fingerprint density at radius 3 is 2.33 bits per heavy atom. The minimum atomic E-state index is -3.15. The Morgan fingerprint density at radius 1 is 1.19 bits per heavy atom. The molecule has 8 heteroatoms. The van der Waals surface area contributed by atoms with Crippen LogP contribution in [0.1, 0.15) is 19.8 Å². The van der Waals surface area contributed by atoms with E-state index < -0.39 is 10.0 Å². The number of piperidine rings is 1. The van der Waals surface area contributed by atoms with E-state index in [1.54, 1.807) is 4.90 Å². The van der Waals surface area contributed by atoms with E-state index in [1.165, 1.54) is 10.6 Å². The van der Waals surface area contributed by atoms with Crippen LogP contribution in [0.25, 0.3) is 0 Å². The van der Waals surface area contributed by atoms with Crippen LogP contribution in [0.4, 0.5) is 0 Å². The van der Waals surface area contributed by atoms with Gasteiger partial charge in [0.1, 0.15) is 0 Å². The molecule has 2 aliphatic heterocycles. The number of carbonyl (C=O) groups excluding carboxylic acids is 1. The Labute approximate surface area is 127 Å². The Balaban J connectivity index is 1.82. The van der Waals surface area contributed by atoms with Crippen LogP contribution in [0, 0.1) is 0 Å². The second-order valence-corrected chi connectivity index (χ2v) is 8.13. The van der Waals surface area contributed by atoms with Crippen molar-refractivity contribution in [1.29, 1.82) is 0 Å². The Hall–Kier alpha value is -0.700. The van der Waals surface area contributed by atoms with Gasteiger partial charge in [-0.25, -0.2) is 8.42 Å². The van der Waals surface area contributed by atoms with E-state index in [0.29, 0.717) is 38.8 Å². The molecule has 0 aromatic heterocycles. The van der Waals surface area contributed by atoms with Crippen LogP contribution in [-0.4, -0.2) is 86.0 Å². The van der Waals surface area contributed by atoms with Crippen LogP contribution in [-0.2, 0) is 14.8 Å². The SMILES string of the molecule is CC1CC(N)CCN1CC(=O)N1CCN(S(C)(=O)=O)CC1. The summed E-state index contributed by atoms with van der Waals surface area (Å²) in [7, 11) is -3.15. The molecule has 2 aliphatic rings. The molecule has 2 rings (SSSR count). The van der Waals surface area contributed by atoms with Gasteiger partial charge in [-0.2, -0.15) is 4.31 Å². The summed E-state index contributed by atoms with van der Waals surface area (Å²) in [5.74, 6) is 0.0884. The minimum Gasteiger partial charge on any atom is -0.339 e. The summed E-state index contributed by atoms with van der Waals surface area (Å²) in [4.78, 5) is 16.3. The van der Waals surface area contributed by atoms with Crippen molar-refractivity contribution in [3.8, 4) is 0 Å². The van der Waals surface area contributed by atoms with Crippen molar-refractivity contribution >= 4 is 15.9 Å². The first-order valence-electron chi connectivity index (χ1n) is 7.50. The number of carbonyl (C=O) groups is 1. The Morgan fingerprint density at radius 2 is 1.81 bits per heavy atom. The molecule has 0 aliphatic carbocycles. The Kier molecular flexibility index (Phi) is 5.24. The number of nitrogens with zero attached hydrogens (tertiary/aromatic N) is 3. The van der Waals surface area contributed by atoms with Gasteiger partial charge >= 0.3 is 0 Å². The number of sulfonamides is 1. The molecule has 0 radical (unpaired) electrons. The fourth-order valence-electron chi connectivity index (χ4n) is 3.03. The number of hydrogen-bond acceptors (Lipinski definition) is 5. The lowest BCUT2D eigenvalue weighted by atomic mass is 9.99. The fourth-order valence-corrected chi connectivity index (χ4v) is 3.86. The molecule has 1 amide bonds. The summed E-state index contributed by atoms with van der Waals surface area (Å²) < 4.78 is 24.3. The van der Waals surface area contributed by atoms with Crippen molar-refractivity contribution < 1.29 is 13.2 Å². The average molecular weight is 318 g/mol. The third-order valence-electron chi connectivity index (χ3n) is 4.45. The fraction of sp³-hybridized carbons (Fsp3) is 0.923. The summed E-state index contributed by atoms with van der Waals surface area (Å²) in [5, 5.41) is 0. The first-order chi connectivity index (χ1) is 9.77. The molecule has 0 aromatic rings. The maximum absolute atomic E-state index is 12.3. The molecular formula is C13H26N4O3S. The topological polar surface area (TPSA) is 86.9 Å². The van der Waals surface area contributed by atoms with E-state index in [0.717, 1.165) is 19.4 Å². The summed E-state index contributed by atoms with van der Waals surface area (Å²) in [6.45, 7) is 5.12. The molecule has 122 valence electrons. The van der Waals surface area contributed by atoms with E-state index in [9.17, 15) is 13.2 Å². The van der Waals surface area contributed by atoms with E-state index in [2.05, 4.69) is 11.8 Å². The van der Waals surface area contributed by atoms with Crippen molar-refractivity contribution in [2.75, 3.05) is 45.5 Å².